The van der Waals surface area contributed by atoms with E-state index in [9.17, 15) is 34.8 Å². The van der Waals surface area contributed by atoms with Crippen LogP contribution in [0, 0.1) is 18.8 Å². The van der Waals surface area contributed by atoms with Gasteiger partial charge in [-0.1, -0.05) is 6.07 Å². The van der Waals surface area contributed by atoms with Crippen molar-refractivity contribution in [3.63, 3.8) is 0 Å². The molecule has 0 spiro atoms. The maximum Gasteiger partial charge on any atom is 0.225 e. The lowest BCUT2D eigenvalue weighted by molar-refractivity contribution is -0.151. The van der Waals surface area contributed by atoms with Crippen LogP contribution in [0.2, 0.25) is 0 Å². The molecule has 6 N–H and O–H groups in total. The number of rotatable bonds is 8. The molecule has 2 aliphatic rings. The van der Waals surface area contributed by atoms with Gasteiger partial charge in [-0.05, 0) is 57.2 Å². The Labute approximate surface area is 202 Å². The highest BCUT2D eigenvalue weighted by Gasteiger charge is 2.58. The van der Waals surface area contributed by atoms with E-state index in [2.05, 4.69) is 0 Å². The van der Waals surface area contributed by atoms with Gasteiger partial charge < -0.3 is 31.1 Å². The van der Waals surface area contributed by atoms with Gasteiger partial charge in [0.05, 0.1) is 18.6 Å². The number of nitrogens with two attached hydrogens (primary N) is 1. The molecule has 4 atom stereocenters. The number of carbonyl (C=O) groups is 3. The molecule has 0 saturated carbocycles. The molecule has 0 radical (unpaired) electrons. The molecule has 2 aliphatic carbocycles. The molecule has 4 unspecified atom stereocenters. The van der Waals surface area contributed by atoms with Gasteiger partial charge in [-0.3, -0.25) is 14.4 Å². The Bertz CT molecular complexity index is 1070. The number of phenolic OH excluding ortho intramolecular Hbond substituents is 1. The number of benzene rings is 1. The van der Waals surface area contributed by atoms with Gasteiger partial charge in [-0.15, -0.1) is 0 Å². The van der Waals surface area contributed by atoms with Crippen LogP contribution in [0.4, 0.5) is 0 Å². The summed E-state index contributed by atoms with van der Waals surface area (Å²) in [5.74, 6) is -4.76. The smallest absolute Gasteiger partial charge is 0.225 e. The Morgan fingerprint density at radius 1 is 1.32 bits per heavy atom. The van der Waals surface area contributed by atoms with Crippen molar-refractivity contribution < 1.29 is 34.8 Å². The van der Waals surface area contributed by atoms with E-state index in [0.717, 1.165) is 5.56 Å². The van der Waals surface area contributed by atoms with Crippen LogP contribution in [0.3, 0.4) is 0 Å². The van der Waals surface area contributed by atoms with Crippen LogP contribution in [0.25, 0.3) is 0 Å². The number of aliphatic hydroxyl groups excluding tert-OH is 2. The summed E-state index contributed by atoms with van der Waals surface area (Å²) in [6, 6.07) is 1.09. The Hall–Kier alpha value is -2.40. The minimum absolute atomic E-state index is 0.0660. The third-order valence-electron chi connectivity index (χ3n) is 7.11. The van der Waals surface area contributed by atoms with E-state index in [4.69, 9.17) is 5.73 Å². The van der Waals surface area contributed by atoms with Crippen LogP contribution in [0.5, 0.6) is 5.75 Å². The van der Waals surface area contributed by atoms with Crippen LogP contribution in [-0.2, 0) is 21.8 Å². The van der Waals surface area contributed by atoms with Crippen molar-refractivity contribution in [2.24, 2.45) is 17.6 Å². The zero-order valence-corrected chi connectivity index (χ0v) is 20.6. The number of aromatic hydroxyl groups is 1. The highest BCUT2D eigenvalue weighted by Crippen LogP contribution is 2.50. The van der Waals surface area contributed by atoms with Crippen molar-refractivity contribution in [3.8, 4) is 5.75 Å². The summed E-state index contributed by atoms with van der Waals surface area (Å²) < 4.78 is 0. The predicted molar refractivity (Wildman–Crippen MR) is 128 cm³/mol. The first-order valence-corrected chi connectivity index (χ1v) is 12.4. The summed E-state index contributed by atoms with van der Waals surface area (Å²) in [5.41, 5.74) is 4.60. The maximum atomic E-state index is 13.6. The normalized spacial score (nSPS) is 25.2. The minimum atomic E-state index is -2.59. The number of likely N-dealkylation sites (N-methyl/N-ethyl adjacent to an activating group) is 1. The number of hydrogen-bond donors (Lipinski definition) is 5. The number of hydrogen-bond acceptors (Lipinski definition) is 9. The zero-order chi connectivity index (χ0) is 25.5. The Morgan fingerprint density at radius 2 is 1.97 bits per heavy atom. The highest BCUT2D eigenvalue weighted by atomic mass is 32.2. The fourth-order valence-electron chi connectivity index (χ4n) is 5.44. The first-order chi connectivity index (χ1) is 15.9. The number of amides is 1. The SMILES string of the molecule is CSCc1cc(C)c2c(c1O)C(=O)C1=C(O)C(O)(C(=O)CC(N)=O)C(C(CO)N(C)C)CC1C2. The van der Waals surface area contributed by atoms with Gasteiger partial charge in [-0.2, -0.15) is 11.8 Å². The third kappa shape index (κ3) is 4.13. The number of aliphatic hydroxyl groups is 3. The first-order valence-electron chi connectivity index (χ1n) is 11.0. The molecular formula is C24H32N2O7S. The monoisotopic (exact) mass is 492 g/mol. The molecule has 1 aromatic carbocycles. The predicted octanol–water partition coefficient (Wildman–Crippen LogP) is 0.849. The molecule has 3 rings (SSSR count). The molecule has 0 heterocycles. The number of carbonyl (C=O) groups excluding carboxylic acids is 3. The fraction of sp³-hybridized carbons (Fsp3) is 0.542. The number of phenols is 1. The van der Waals surface area contributed by atoms with Crippen molar-refractivity contribution in [2.75, 3.05) is 27.0 Å². The highest BCUT2D eigenvalue weighted by molar-refractivity contribution is 7.97. The van der Waals surface area contributed by atoms with Gasteiger partial charge in [0.15, 0.2) is 17.2 Å². The van der Waals surface area contributed by atoms with Gasteiger partial charge in [0.25, 0.3) is 0 Å². The van der Waals surface area contributed by atoms with Crippen molar-refractivity contribution >= 4 is 29.2 Å². The Morgan fingerprint density at radius 3 is 2.50 bits per heavy atom. The maximum absolute atomic E-state index is 13.6. The number of ketones is 2. The number of aryl methyl sites for hydroxylation is 1. The van der Waals surface area contributed by atoms with E-state index in [1.54, 1.807) is 19.0 Å². The molecular weight excluding hydrogens is 460 g/mol. The van der Waals surface area contributed by atoms with E-state index in [-0.39, 0.29) is 23.3 Å². The summed E-state index contributed by atoms with van der Waals surface area (Å²) >= 11 is 1.48. The quantitative estimate of drug-likeness (QED) is 0.331. The second-order valence-corrected chi connectivity index (χ2v) is 10.2. The molecule has 1 aromatic rings. The lowest BCUT2D eigenvalue weighted by atomic mass is 9.61. The average Bonchev–Trinajstić information content (AvgIpc) is 2.74. The number of Topliss-reactive ketones (excluding diaryl/α,β-unsaturated/α-hetero) is 2. The molecule has 0 aromatic heterocycles. The molecule has 186 valence electrons. The van der Waals surface area contributed by atoms with Crippen LogP contribution >= 0.6 is 11.8 Å². The summed E-state index contributed by atoms with van der Waals surface area (Å²) in [7, 11) is 3.32. The van der Waals surface area contributed by atoms with Crippen LogP contribution in [-0.4, -0.2) is 81.4 Å². The Balaban J connectivity index is 2.25. The number of nitrogens with zero attached hydrogens (tertiary/aromatic N) is 1. The van der Waals surface area contributed by atoms with Crippen LogP contribution in [0.1, 0.15) is 39.9 Å². The number of allylic oxidation sites excluding steroid dienone is 1. The van der Waals surface area contributed by atoms with E-state index in [1.165, 1.54) is 11.8 Å². The van der Waals surface area contributed by atoms with Crippen molar-refractivity contribution in [3.05, 3.63) is 39.7 Å². The molecule has 0 bridgehead atoms. The molecule has 0 aliphatic heterocycles. The first kappa shape index (κ1) is 26.2. The second-order valence-electron chi connectivity index (χ2n) is 9.37. The zero-order valence-electron chi connectivity index (χ0n) is 19.8. The topological polar surface area (TPSA) is 161 Å². The molecule has 9 nitrogen and oxygen atoms in total. The van der Waals surface area contributed by atoms with Crippen molar-refractivity contribution in [1.29, 1.82) is 0 Å². The third-order valence-corrected chi connectivity index (χ3v) is 7.71. The molecule has 0 saturated heterocycles. The van der Waals surface area contributed by atoms with Crippen LogP contribution in [0.15, 0.2) is 17.4 Å². The summed E-state index contributed by atoms with van der Waals surface area (Å²) in [4.78, 5) is 39.8. The van der Waals surface area contributed by atoms with E-state index in [1.807, 2.05) is 19.2 Å². The Kier molecular flexibility index (Phi) is 7.47. The molecule has 0 fully saturated rings. The van der Waals surface area contributed by atoms with E-state index >= 15 is 0 Å². The standard InChI is InChI=1S/C24H32N2O7S/c1-11-5-13(10-34-4)21(30)20-14(11)6-12-7-15(16(9-27)26(2)3)24(33,17(28)8-18(25)29)23(32)19(12)22(20)31/h5,12,15-16,27,30,32-33H,6-10H2,1-4H3,(H2,25,29). The molecule has 10 heteroatoms. The van der Waals surface area contributed by atoms with Gasteiger partial charge >= 0.3 is 0 Å². The van der Waals surface area contributed by atoms with Crippen molar-refractivity contribution in [2.45, 2.75) is 43.6 Å². The van der Waals surface area contributed by atoms with E-state index in [0.29, 0.717) is 23.3 Å². The number of fused-ring (bicyclic) bond motifs is 2. The largest absolute Gasteiger partial charge is 0.508 e. The average molecular weight is 493 g/mol. The van der Waals surface area contributed by atoms with Gasteiger partial charge in [0.2, 0.25) is 5.91 Å². The van der Waals surface area contributed by atoms with Gasteiger partial charge in [0, 0.05) is 28.8 Å². The minimum Gasteiger partial charge on any atom is -0.508 e. The molecule has 34 heavy (non-hydrogen) atoms. The van der Waals surface area contributed by atoms with E-state index < -0.39 is 59.7 Å². The lowest BCUT2D eigenvalue weighted by Gasteiger charge is -2.47. The second kappa shape index (κ2) is 9.69. The fourth-order valence-corrected chi connectivity index (χ4v) is 5.97. The summed E-state index contributed by atoms with van der Waals surface area (Å²) in [6.45, 7) is 1.43. The van der Waals surface area contributed by atoms with Crippen molar-refractivity contribution in [1.82, 2.24) is 4.90 Å². The van der Waals surface area contributed by atoms with Crippen LogP contribution < -0.4 is 5.73 Å². The molecule has 1 amide bonds. The number of primary amides is 1. The number of thioether (sulfide) groups is 1. The lowest BCUT2D eigenvalue weighted by Crippen LogP contribution is -2.60. The summed E-state index contributed by atoms with van der Waals surface area (Å²) in [5, 5.41) is 43.8. The van der Waals surface area contributed by atoms with Gasteiger partial charge in [0.1, 0.15) is 11.5 Å². The van der Waals surface area contributed by atoms with Gasteiger partial charge in [-0.25, -0.2) is 0 Å². The summed E-state index contributed by atoms with van der Waals surface area (Å²) in [6.07, 6.45) is 1.44.